The molecule has 56 heavy (non-hydrogen) atoms. The average Bonchev–Trinajstić information content (AvgIpc) is 3.09. The molecule has 8 saturated carbocycles. The van der Waals surface area contributed by atoms with Gasteiger partial charge in [-0.25, -0.2) is 8.42 Å². The summed E-state index contributed by atoms with van der Waals surface area (Å²) in [4.78, 5) is 15.3. The maximum absolute atomic E-state index is 15.5. The van der Waals surface area contributed by atoms with Crippen LogP contribution < -0.4 is 8.31 Å². The Hall–Kier alpha value is -2.95. The molecule has 302 valence electrons. The number of hydrogen-bond acceptors (Lipinski definition) is 7. The molecule has 0 aromatic heterocycles. The van der Waals surface area contributed by atoms with Crippen LogP contribution in [0.5, 0.6) is 5.75 Å². The minimum atomic E-state index is -6.72. The number of nitrogens with one attached hydrogen (secondary N) is 1. The number of alkyl halides is 5. The number of hydrogen-bond donors (Lipinski definition) is 1. The Kier molecular flexibility index (Phi) is 9.15. The lowest BCUT2D eigenvalue weighted by Crippen LogP contribution is -2.59. The van der Waals surface area contributed by atoms with Gasteiger partial charge in [0, 0.05) is 25.3 Å². The maximum Gasteiger partial charge on any atom is 0.432 e. The van der Waals surface area contributed by atoms with Crippen LogP contribution in [0.4, 0.5) is 22.0 Å². The molecular formula is C40H43F5NO7S3+. The molecule has 16 heteroatoms. The van der Waals surface area contributed by atoms with Crippen molar-refractivity contribution in [2.75, 3.05) is 0 Å². The second kappa shape index (κ2) is 13.3. The Morgan fingerprint density at radius 1 is 0.679 bits per heavy atom. The molecule has 0 radical (unpaired) electrons. The number of carbonyl (C=O) groups is 1. The van der Waals surface area contributed by atoms with Crippen LogP contribution in [0.1, 0.15) is 77.0 Å². The molecule has 1 N–H and O–H groups in total. The Balaban J connectivity index is 0.949. The fraction of sp³-hybridized carbons (Fsp3) is 0.575. The Bertz CT molecular complexity index is 2190. The summed E-state index contributed by atoms with van der Waals surface area (Å²) in [6, 6.07) is 20.4. The van der Waals surface area contributed by atoms with Crippen LogP contribution in [0.25, 0.3) is 10.8 Å². The fourth-order valence-electron chi connectivity index (χ4n) is 12.2. The molecule has 8 nitrogen and oxygen atoms in total. The van der Waals surface area contributed by atoms with Gasteiger partial charge < -0.3 is 8.92 Å². The zero-order chi connectivity index (χ0) is 39.5. The van der Waals surface area contributed by atoms with Crippen molar-refractivity contribution in [2.24, 2.45) is 40.9 Å². The van der Waals surface area contributed by atoms with E-state index in [1.807, 2.05) is 18.2 Å². The van der Waals surface area contributed by atoms with Crippen LogP contribution in [0.2, 0.25) is 0 Å². The van der Waals surface area contributed by atoms with Gasteiger partial charge in [0.25, 0.3) is 16.1 Å². The first kappa shape index (κ1) is 38.6. The molecule has 0 heterocycles. The molecular weight excluding hydrogens is 798 g/mol. The van der Waals surface area contributed by atoms with Crippen LogP contribution >= 0.6 is 0 Å². The van der Waals surface area contributed by atoms with Gasteiger partial charge in [-0.2, -0.15) is 30.4 Å². The predicted octanol–water partition coefficient (Wildman–Crippen LogP) is 8.67. The molecule has 0 aliphatic heterocycles. The van der Waals surface area contributed by atoms with Crippen molar-refractivity contribution in [1.29, 1.82) is 0 Å². The smallest absolute Gasteiger partial charge is 0.432 e. The van der Waals surface area contributed by atoms with E-state index in [2.05, 4.69) is 29.0 Å². The highest BCUT2D eigenvalue weighted by atomic mass is 32.3. The predicted molar refractivity (Wildman–Crippen MR) is 198 cm³/mol. The van der Waals surface area contributed by atoms with Gasteiger partial charge in [-0.3, -0.25) is 4.79 Å². The molecule has 0 saturated heterocycles. The first-order valence-corrected chi connectivity index (χ1v) is 23.4. The van der Waals surface area contributed by atoms with Gasteiger partial charge in [-0.1, -0.05) is 28.4 Å². The first-order valence-electron chi connectivity index (χ1n) is 19.3. The van der Waals surface area contributed by atoms with Crippen LogP contribution in [-0.4, -0.2) is 45.1 Å². The lowest BCUT2D eigenvalue weighted by molar-refractivity contribution is -0.265. The third-order valence-electron chi connectivity index (χ3n) is 13.5. The quantitative estimate of drug-likeness (QED) is 0.117. The SMILES string of the molecule is O=C(OC(C(F)(F)F)C(F)(F)S(=O)(=O)NS(=O)(=O)Oc1ccc([S+](c2ccc3ccccc3c2)C23CC4CC(CC(C4)C2)C3)cc1)C12CC3CC(CC(C3)C1)C2. The monoisotopic (exact) mass is 840 g/mol. The standard InChI is InChI=1S/C40H43F5NO7S3/c41-39(42,43)35(52-36(47)37-18-24-11-25(19-37)13-26(12-24)20-37)40(44,45)55(48,49)46-56(50,51)53-32-6-9-33(10-7-32)54(34-8-5-30-3-1-2-4-31(30)17-34)38-21-27-14-28(22-38)16-29(15-27)23-38/h1-10,17,24-29,35,46H,11-16,18-23H2/q+1. The molecule has 0 amide bonds. The van der Waals surface area contributed by atoms with Gasteiger partial charge in [0.15, 0.2) is 9.79 Å². The zero-order valence-corrected chi connectivity index (χ0v) is 32.8. The van der Waals surface area contributed by atoms with Crippen molar-refractivity contribution in [1.82, 2.24) is 4.13 Å². The Morgan fingerprint density at radius 3 is 1.68 bits per heavy atom. The summed E-state index contributed by atoms with van der Waals surface area (Å²) in [6.45, 7) is 0. The second-order valence-electron chi connectivity index (χ2n) is 17.6. The Morgan fingerprint density at radius 2 is 1.16 bits per heavy atom. The average molecular weight is 841 g/mol. The van der Waals surface area contributed by atoms with Gasteiger partial charge >= 0.3 is 27.7 Å². The highest BCUT2D eigenvalue weighted by Crippen LogP contribution is 2.62. The molecule has 3 aromatic rings. The number of rotatable bonds is 11. The summed E-state index contributed by atoms with van der Waals surface area (Å²) >= 11 is 0. The van der Waals surface area contributed by atoms with Crippen molar-refractivity contribution in [2.45, 2.75) is 109 Å². The second-order valence-corrected chi connectivity index (χ2v) is 23.3. The summed E-state index contributed by atoms with van der Waals surface area (Å²) in [5.74, 6) is 0.0550. The highest BCUT2D eigenvalue weighted by Gasteiger charge is 2.68. The van der Waals surface area contributed by atoms with Crippen LogP contribution in [0.3, 0.4) is 0 Å². The minimum absolute atomic E-state index is 0.0129. The molecule has 8 bridgehead atoms. The molecule has 2 atom stereocenters. The molecule has 3 aromatic carbocycles. The highest BCUT2D eigenvalue weighted by molar-refractivity contribution is 8.03. The van der Waals surface area contributed by atoms with Crippen molar-refractivity contribution >= 4 is 48.0 Å². The summed E-state index contributed by atoms with van der Waals surface area (Å²) in [5.41, 5.74) is -1.42. The summed E-state index contributed by atoms with van der Waals surface area (Å²) < 4.78 is 135. The van der Waals surface area contributed by atoms with E-state index < -0.39 is 65.9 Å². The number of fused-ring (bicyclic) bond motifs is 1. The molecule has 2 unspecified atom stereocenters. The summed E-state index contributed by atoms with van der Waals surface area (Å²) in [6.07, 6.45) is -0.768. The van der Waals surface area contributed by atoms with Gasteiger partial charge in [-0.05, 0) is 140 Å². The maximum atomic E-state index is 15.5. The van der Waals surface area contributed by atoms with Crippen LogP contribution in [0, 0.1) is 40.9 Å². The van der Waals surface area contributed by atoms with Gasteiger partial charge in [0.1, 0.15) is 10.5 Å². The van der Waals surface area contributed by atoms with E-state index in [-0.39, 0.29) is 41.8 Å². The minimum Gasteiger partial charge on any atom is -0.444 e. The molecule has 8 aliphatic rings. The summed E-state index contributed by atoms with van der Waals surface area (Å²) in [7, 11) is -12.9. The number of ether oxygens (including phenoxy) is 1. The topological polar surface area (TPSA) is 116 Å². The fourth-order valence-corrected chi connectivity index (χ4v) is 18.1. The summed E-state index contributed by atoms with van der Waals surface area (Å²) in [5, 5.41) is -3.76. The van der Waals surface area contributed by atoms with Crippen molar-refractivity contribution < 1.29 is 52.5 Å². The van der Waals surface area contributed by atoms with Crippen molar-refractivity contribution in [3.63, 3.8) is 0 Å². The van der Waals surface area contributed by atoms with Crippen molar-refractivity contribution in [3.8, 4) is 5.75 Å². The van der Waals surface area contributed by atoms with Crippen LogP contribution in [0.15, 0.2) is 76.5 Å². The van der Waals surface area contributed by atoms with E-state index in [0.717, 1.165) is 59.1 Å². The Labute approximate surface area is 325 Å². The van der Waals surface area contributed by atoms with Crippen molar-refractivity contribution in [3.05, 3.63) is 66.7 Å². The number of benzene rings is 3. The van der Waals surface area contributed by atoms with Gasteiger partial charge in [0.2, 0.25) is 0 Å². The normalized spacial score (nSPS) is 33.4. The lowest BCUT2D eigenvalue weighted by atomic mass is 9.49. The first-order chi connectivity index (χ1) is 26.3. The van der Waals surface area contributed by atoms with E-state index in [1.54, 1.807) is 12.1 Å². The van der Waals surface area contributed by atoms with Gasteiger partial charge in [-0.15, -0.1) is 0 Å². The van der Waals surface area contributed by atoms with Crippen LogP contribution in [-0.2, 0) is 40.8 Å². The van der Waals surface area contributed by atoms with Gasteiger partial charge in [0.05, 0.1) is 16.3 Å². The number of esters is 1. The number of carbonyl (C=O) groups excluding carboxylic acids is 1. The molecule has 8 aliphatic carbocycles. The van der Waals surface area contributed by atoms with E-state index >= 15 is 8.78 Å². The molecule has 0 spiro atoms. The van der Waals surface area contributed by atoms with E-state index in [9.17, 15) is 34.8 Å². The zero-order valence-electron chi connectivity index (χ0n) is 30.3. The van der Waals surface area contributed by atoms with E-state index in [1.165, 1.54) is 31.4 Å². The largest absolute Gasteiger partial charge is 0.444 e. The molecule has 8 fully saturated rings. The van der Waals surface area contributed by atoms with E-state index in [0.29, 0.717) is 21.9 Å². The third-order valence-corrected chi connectivity index (χ3v) is 19.4. The van der Waals surface area contributed by atoms with E-state index in [4.69, 9.17) is 4.18 Å². The molecule has 11 rings (SSSR count). The lowest BCUT2D eigenvalue weighted by Gasteiger charge is -2.55. The third kappa shape index (κ3) is 6.81. The number of sulfonamides is 1. The number of halogens is 5.